The van der Waals surface area contributed by atoms with Crippen molar-refractivity contribution < 1.29 is 9.59 Å². The molecule has 0 unspecified atom stereocenters. The quantitative estimate of drug-likeness (QED) is 0.805. The Morgan fingerprint density at radius 3 is 2.63 bits per heavy atom. The molecule has 19 heavy (non-hydrogen) atoms. The van der Waals surface area contributed by atoms with E-state index >= 15 is 0 Å². The van der Waals surface area contributed by atoms with Crippen molar-refractivity contribution in [2.75, 3.05) is 11.4 Å². The van der Waals surface area contributed by atoms with Gasteiger partial charge in [-0.3, -0.25) is 19.2 Å². The predicted octanol–water partition coefficient (Wildman–Crippen LogP) is 0.586. The van der Waals surface area contributed by atoms with Crippen LogP contribution >= 0.6 is 0 Å². The molecule has 1 aromatic rings. The summed E-state index contributed by atoms with van der Waals surface area (Å²) >= 11 is 0. The van der Waals surface area contributed by atoms with E-state index < -0.39 is 5.54 Å². The third kappa shape index (κ3) is 2.01. The van der Waals surface area contributed by atoms with E-state index in [0.29, 0.717) is 5.69 Å². The van der Waals surface area contributed by atoms with Gasteiger partial charge in [0.2, 0.25) is 5.91 Å². The second kappa shape index (κ2) is 4.36. The van der Waals surface area contributed by atoms with Gasteiger partial charge in [-0.2, -0.15) is 5.10 Å². The topological polar surface area (TPSA) is 67.2 Å². The van der Waals surface area contributed by atoms with Crippen LogP contribution in [0.4, 0.5) is 5.69 Å². The van der Waals surface area contributed by atoms with Crippen LogP contribution < -0.4 is 10.2 Å². The molecule has 2 fully saturated rings. The molecule has 6 nitrogen and oxygen atoms in total. The fraction of sp³-hybridized carbons (Fsp3) is 0.615. The highest BCUT2D eigenvalue weighted by molar-refractivity contribution is 6.09. The van der Waals surface area contributed by atoms with Crippen molar-refractivity contribution in [1.29, 1.82) is 0 Å². The number of rotatable bonds is 1. The van der Waals surface area contributed by atoms with Crippen molar-refractivity contribution in [3.8, 4) is 0 Å². The van der Waals surface area contributed by atoms with Crippen molar-refractivity contribution in [1.82, 2.24) is 15.1 Å². The van der Waals surface area contributed by atoms with Crippen LogP contribution in [0.25, 0.3) is 0 Å². The number of aryl methyl sites for hydroxylation is 1. The molecule has 1 saturated heterocycles. The fourth-order valence-corrected chi connectivity index (χ4v) is 3.08. The molecular weight excluding hydrogens is 244 g/mol. The Balaban J connectivity index is 1.93. The monoisotopic (exact) mass is 262 g/mol. The van der Waals surface area contributed by atoms with Crippen LogP contribution in [0.1, 0.15) is 32.1 Å². The van der Waals surface area contributed by atoms with Crippen molar-refractivity contribution in [3.05, 3.63) is 12.4 Å². The average molecular weight is 262 g/mol. The number of carbonyl (C=O) groups is 2. The highest BCUT2D eigenvalue weighted by Crippen LogP contribution is 2.33. The number of aromatic nitrogens is 2. The lowest BCUT2D eigenvalue weighted by molar-refractivity contribution is -0.137. The van der Waals surface area contributed by atoms with E-state index in [1.807, 2.05) is 0 Å². The third-order valence-corrected chi connectivity index (χ3v) is 4.04. The van der Waals surface area contributed by atoms with Gasteiger partial charge in [0.15, 0.2) is 0 Å². The smallest absolute Gasteiger partial charge is 0.253 e. The van der Waals surface area contributed by atoms with Crippen LogP contribution in [-0.2, 0) is 16.6 Å². The number of amides is 2. The van der Waals surface area contributed by atoms with Gasteiger partial charge in [-0.1, -0.05) is 19.3 Å². The van der Waals surface area contributed by atoms with Gasteiger partial charge in [-0.25, -0.2) is 0 Å². The molecule has 1 aromatic heterocycles. The average Bonchev–Trinajstić information content (AvgIpc) is 2.81. The minimum atomic E-state index is -0.677. The molecule has 3 rings (SSSR count). The Labute approximate surface area is 111 Å². The van der Waals surface area contributed by atoms with E-state index in [4.69, 9.17) is 0 Å². The summed E-state index contributed by atoms with van der Waals surface area (Å²) < 4.78 is 1.64. The summed E-state index contributed by atoms with van der Waals surface area (Å²) in [4.78, 5) is 26.2. The van der Waals surface area contributed by atoms with Gasteiger partial charge in [0, 0.05) is 13.2 Å². The van der Waals surface area contributed by atoms with Crippen LogP contribution in [0.15, 0.2) is 12.4 Å². The second-order valence-corrected chi connectivity index (χ2v) is 5.45. The molecule has 102 valence electrons. The van der Waals surface area contributed by atoms with Gasteiger partial charge in [0.05, 0.1) is 11.9 Å². The molecule has 1 spiro atoms. The number of nitrogens with zero attached hydrogens (tertiary/aromatic N) is 3. The first-order valence-electron chi connectivity index (χ1n) is 6.72. The number of carbonyl (C=O) groups excluding carboxylic acids is 2. The highest BCUT2D eigenvalue weighted by Gasteiger charge is 2.47. The van der Waals surface area contributed by atoms with Gasteiger partial charge in [0.25, 0.3) is 5.91 Å². The standard InChI is InChI=1S/C13H18N4O2/c1-16-8-10(7-14-16)17-9-11(18)15-13(12(17)19)5-3-2-4-6-13/h7-8H,2-6,9H2,1H3,(H,15,18). The van der Waals surface area contributed by atoms with E-state index in [9.17, 15) is 9.59 Å². The van der Waals surface area contributed by atoms with Crippen LogP contribution in [0.2, 0.25) is 0 Å². The van der Waals surface area contributed by atoms with Gasteiger partial charge in [-0.05, 0) is 12.8 Å². The molecule has 1 aliphatic heterocycles. The summed E-state index contributed by atoms with van der Waals surface area (Å²) in [7, 11) is 1.80. The molecule has 2 amide bonds. The molecule has 6 heteroatoms. The first-order valence-corrected chi connectivity index (χ1v) is 6.72. The maximum Gasteiger partial charge on any atom is 0.253 e. The van der Waals surface area contributed by atoms with Gasteiger partial charge in [-0.15, -0.1) is 0 Å². The minimum absolute atomic E-state index is 0.0137. The van der Waals surface area contributed by atoms with Crippen molar-refractivity contribution in [2.45, 2.75) is 37.6 Å². The maximum atomic E-state index is 12.7. The van der Waals surface area contributed by atoms with Gasteiger partial charge in [0.1, 0.15) is 12.1 Å². The molecule has 0 atom stereocenters. The summed E-state index contributed by atoms with van der Waals surface area (Å²) in [5.74, 6) is -0.0647. The summed E-state index contributed by atoms with van der Waals surface area (Å²) in [5, 5.41) is 7.01. The first-order chi connectivity index (χ1) is 9.11. The Morgan fingerprint density at radius 2 is 2.00 bits per heavy atom. The minimum Gasteiger partial charge on any atom is -0.340 e. The van der Waals surface area contributed by atoms with Crippen LogP contribution in [0.5, 0.6) is 0 Å². The van der Waals surface area contributed by atoms with Gasteiger partial charge < -0.3 is 5.32 Å². The summed E-state index contributed by atoms with van der Waals surface area (Å²) in [5.41, 5.74) is 0.0240. The van der Waals surface area contributed by atoms with Crippen molar-refractivity contribution in [3.63, 3.8) is 0 Å². The molecule has 1 saturated carbocycles. The molecule has 1 aliphatic carbocycles. The van der Waals surface area contributed by atoms with E-state index in [1.165, 1.54) is 0 Å². The van der Waals surface area contributed by atoms with E-state index in [2.05, 4.69) is 10.4 Å². The lowest BCUT2D eigenvalue weighted by Gasteiger charge is -2.43. The Morgan fingerprint density at radius 1 is 1.26 bits per heavy atom. The molecule has 0 radical (unpaired) electrons. The molecule has 2 aliphatic rings. The summed E-state index contributed by atoms with van der Waals surface area (Å²) in [6, 6.07) is 0. The molecule has 0 aromatic carbocycles. The van der Waals surface area contributed by atoms with E-state index in [1.54, 1.807) is 29.0 Å². The number of hydrogen-bond acceptors (Lipinski definition) is 3. The zero-order chi connectivity index (χ0) is 13.5. The lowest BCUT2D eigenvalue weighted by Crippen LogP contribution is -2.67. The number of hydrogen-bond donors (Lipinski definition) is 1. The highest BCUT2D eigenvalue weighted by atomic mass is 16.2. The summed E-state index contributed by atoms with van der Waals surface area (Å²) in [6.07, 6.45) is 8.01. The Kier molecular flexibility index (Phi) is 2.80. The molecular formula is C13H18N4O2. The third-order valence-electron chi connectivity index (χ3n) is 4.04. The van der Waals surface area contributed by atoms with Crippen molar-refractivity contribution >= 4 is 17.5 Å². The normalized spacial score (nSPS) is 22.7. The van der Waals surface area contributed by atoms with E-state index in [0.717, 1.165) is 32.1 Å². The zero-order valence-corrected chi connectivity index (χ0v) is 11.1. The second-order valence-electron chi connectivity index (χ2n) is 5.45. The van der Waals surface area contributed by atoms with Gasteiger partial charge >= 0.3 is 0 Å². The predicted molar refractivity (Wildman–Crippen MR) is 69.5 cm³/mol. The van der Waals surface area contributed by atoms with Crippen LogP contribution in [0.3, 0.4) is 0 Å². The van der Waals surface area contributed by atoms with Crippen LogP contribution in [0, 0.1) is 0 Å². The largest absolute Gasteiger partial charge is 0.340 e. The molecule has 1 N–H and O–H groups in total. The van der Waals surface area contributed by atoms with Crippen molar-refractivity contribution in [2.24, 2.45) is 7.05 Å². The van der Waals surface area contributed by atoms with E-state index in [-0.39, 0.29) is 18.4 Å². The number of nitrogens with one attached hydrogen (secondary N) is 1. The Hall–Kier alpha value is -1.85. The zero-order valence-electron chi connectivity index (χ0n) is 11.1. The SMILES string of the molecule is Cn1cc(N2CC(=O)NC3(CCCCC3)C2=O)cn1. The number of anilines is 1. The molecule has 0 bridgehead atoms. The first kappa shape index (κ1) is 12.2. The number of piperazine rings is 1. The van der Waals surface area contributed by atoms with Crippen LogP contribution in [-0.4, -0.2) is 33.7 Å². The summed E-state index contributed by atoms with van der Waals surface area (Å²) in [6.45, 7) is 0.0896. The lowest BCUT2D eigenvalue weighted by atomic mass is 9.79. The molecule has 2 heterocycles. The maximum absolute atomic E-state index is 12.7. The Bertz CT molecular complexity index is 516. The fourth-order valence-electron chi connectivity index (χ4n) is 3.08.